The fourth-order valence-electron chi connectivity index (χ4n) is 3.90. The van der Waals surface area contributed by atoms with Crippen LogP contribution in [0.25, 0.3) is 6.08 Å². The van der Waals surface area contributed by atoms with Gasteiger partial charge >= 0.3 is 5.97 Å². The highest BCUT2D eigenvalue weighted by molar-refractivity contribution is 7.07. The van der Waals surface area contributed by atoms with E-state index in [1.54, 1.807) is 44.8 Å². The third-order valence-electron chi connectivity index (χ3n) is 5.38. The van der Waals surface area contributed by atoms with Crippen LogP contribution in [0.2, 0.25) is 0 Å². The van der Waals surface area contributed by atoms with Crippen LogP contribution in [0.15, 0.2) is 69.6 Å². The molecular formula is C25H24N2O5S. The van der Waals surface area contributed by atoms with Crippen LogP contribution in [0, 0.1) is 0 Å². The summed E-state index contributed by atoms with van der Waals surface area (Å²) >= 11 is 1.26. The van der Waals surface area contributed by atoms with E-state index in [1.807, 2.05) is 42.5 Å². The monoisotopic (exact) mass is 464 g/mol. The van der Waals surface area contributed by atoms with Crippen molar-refractivity contribution in [1.29, 1.82) is 0 Å². The maximum absolute atomic E-state index is 13.7. The van der Waals surface area contributed by atoms with Crippen molar-refractivity contribution in [3.63, 3.8) is 0 Å². The van der Waals surface area contributed by atoms with Gasteiger partial charge in [0.1, 0.15) is 17.5 Å². The number of esters is 1. The van der Waals surface area contributed by atoms with E-state index in [1.165, 1.54) is 11.3 Å². The number of carbonyl (C=O) groups excluding carboxylic acids is 1. The smallest absolute Gasteiger partial charge is 0.338 e. The second kappa shape index (κ2) is 9.46. The zero-order valence-electron chi connectivity index (χ0n) is 18.8. The molecule has 33 heavy (non-hydrogen) atoms. The number of allylic oxidation sites excluding steroid dienone is 1. The molecule has 1 atom stereocenters. The zero-order chi connectivity index (χ0) is 23.5. The fourth-order valence-corrected chi connectivity index (χ4v) is 4.94. The maximum atomic E-state index is 13.7. The molecule has 2 heterocycles. The molecule has 0 amide bonds. The minimum absolute atomic E-state index is 0.215. The van der Waals surface area contributed by atoms with E-state index in [4.69, 9.17) is 14.2 Å². The van der Waals surface area contributed by atoms with E-state index in [9.17, 15) is 9.59 Å². The molecule has 0 radical (unpaired) electrons. The van der Waals surface area contributed by atoms with Crippen molar-refractivity contribution in [2.75, 3.05) is 20.8 Å². The molecule has 0 fully saturated rings. The van der Waals surface area contributed by atoms with Gasteiger partial charge in [0.2, 0.25) is 0 Å². The molecule has 0 spiro atoms. The van der Waals surface area contributed by atoms with Gasteiger partial charge in [0.25, 0.3) is 5.56 Å². The summed E-state index contributed by atoms with van der Waals surface area (Å²) in [6.45, 7) is 3.72. The minimum atomic E-state index is -0.726. The number of para-hydroxylation sites is 2. The van der Waals surface area contributed by atoms with Gasteiger partial charge in [-0.1, -0.05) is 47.7 Å². The number of hydrogen-bond donors (Lipinski definition) is 0. The number of carbonyl (C=O) groups is 1. The van der Waals surface area contributed by atoms with Crippen molar-refractivity contribution >= 4 is 23.4 Å². The highest BCUT2D eigenvalue weighted by atomic mass is 32.1. The predicted octanol–water partition coefficient (Wildman–Crippen LogP) is 2.82. The SMILES string of the molecule is CCOC(=O)C1=C(C)N=c2s/c(=C/c3ccccc3OC)c(=O)n2C1c1ccccc1OC. The van der Waals surface area contributed by atoms with Crippen molar-refractivity contribution in [2.45, 2.75) is 19.9 Å². The van der Waals surface area contributed by atoms with Crippen molar-refractivity contribution in [3.05, 3.63) is 90.6 Å². The first-order chi connectivity index (χ1) is 16.0. The van der Waals surface area contributed by atoms with Crippen LogP contribution >= 0.6 is 11.3 Å². The van der Waals surface area contributed by atoms with E-state index in [0.29, 0.717) is 37.7 Å². The largest absolute Gasteiger partial charge is 0.496 e. The molecule has 0 saturated carbocycles. The first-order valence-electron chi connectivity index (χ1n) is 10.5. The van der Waals surface area contributed by atoms with Gasteiger partial charge in [0.15, 0.2) is 4.80 Å². The Morgan fingerprint density at radius 2 is 1.76 bits per heavy atom. The van der Waals surface area contributed by atoms with Crippen LogP contribution in [0.1, 0.15) is 31.0 Å². The molecule has 4 rings (SSSR count). The molecule has 0 bridgehead atoms. The molecule has 1 aromatic heterocycles. The maximum Gasteiger partial charge on any atom is 0.338 e. The van der Waals surface area contributed by atoms with Crippen LogP contribution < -0.4 is 24.4 Å². The summed E-state index contributed by atoms with van der Waals surface area (Å²) in [5, 5.41) is 0. The summed E-state index contributed by atoms with van der Waals surface area (Å²) in [5.74, 6) is 0.722. The molecule has 1 unspecified atom stereocenters. The van der Waals surface area contributed by atoms with Gasteiger partial charge in [0, 0.05) is 11.1 Å². The first-order valence-corrected chi connectivity index (χ1v) is 11.3. The third-order valence-corrected chi connectivity index (χ3v) is 6.36. The van der Waals surface area contributed by atoms with Gasteiger partial charge in [-0.3, -0.25) is 9.36 Å². The highest BCUT2D eigenvalue weighted by Gasteiger charge is 2.34. The van der Waals surface area contributed by atoms with Gasteiger partial charge in [-0.05, 0) is 32.1 Å². The number of benzene rings is 2. The molecule has 0 saturated heterocycles. The average molecular weight is 465 g/mol. The lowest BCUT2D eigenvalue weighted by molar-refractivity contribution is -0.139. The number of hydrogen-bond acceptors (Lipinski definition) is 7. The van der Waals surface area contributed by atoms with Crippen molar-refractivity contribution < 1.29 is 19.0 Å². The fraction of sp³-hybridized carbons (Fsp3) is 0.240. The molecule has 1 aliphatic rings. The molecule has 170 valence electrons. The summed E-state index contributed by atoms with van der Waals surface area (Å²) in [5.41, 5.74) is 2.03. The first kappa shape index (κ1) is 22.5. The van der Waals surface area contributed by atoms with Crippen molar-refractivity contribution in [1.82, 2.24) is 4.57 Å². The normalized spacial score (nSPS) is 15.6. The number of ether oxygens (including phenoxy) is 3. The number of nitrogens with zero attached hydrogens (tertiary/aromatic N) is 2. The van der Waals surface area contributed by atoms with Crippen LogP contribution in [-0.4, -0.2) is 31.4 Å². The average Bonchev–Trinajstić information content (AvgIpc) is 3.13. The Bertz CT molecular complexity index is 1420. The Kier molecular flexibility index (Phi) is 6.46. The lowest BCUT2D eigenvalue weighted by Gasteiger charge is -2.25. The lowest BCUT2D eigenvalue weighted by Crippen LogP contribution is -2.40. The molecular weight excluding hydrogens is 440 g/mol. The minimum Gasteiger partial charge on any atom is -0.496 e. The topological polar surface area (TPSA) is 79.1 Å². The summed E-state index contributed by atoms with van der Waals surface area (Å²) < 4.78 is 18.4. The Balaban J connectivity index is 2.00. The number of methoxy groups -OCH3 is 2. The van der Waals surface area contributed by atoms with Crippen LogP contribution in [0.5, 0.6) is 11.5 Å². The van der Waals surface area contributed by atoms with Gasteiger partial charge in [0.05, 0.1) is 36.6 Å². The lowest BCUT2D eigenvalue weighted by atomic mass is 9.95. The Morgan fingerprint density at radius 3 is 2.45 bits per heavy atom. The second-order valence-corrected chi connectivity index (χ2v) is 8.30. The highest BCUT2D eigenvalue weighted by Crippen LogP contribution is 2.35. The van der Waals surface area contributed by atoms with Crippen LogP contribution in [0.4, 0.5) is 0 Å². The van der Waals surface area contributed by atoms with Crippen molar-refractivity contribution in [2.24, 2.45) is 4.99 Å². The molecule has 3 aromatic rings. The number of fused-ring (bicyclic) bond motifs is 1. The van der Waals surface area contributed by atoms with E-state index < -0.39 is 12.0 Å². The molecule has 7 nitrogen and oxygen atoms in total. The van der Waals surface area contributed by atoms with Gasteiger partial charge in [-0.25, -0.2) is 9.79 Å². The third kappa shape index (κ3) is 4.09. The van der Waals surface area contributed by atoms with Gasteiger partial charge in [-0.15, -0.1) is 0 Å². The Morgan fingerprint density at radius 1 is 1.09 bits per heavy atom. The van der Waals surface area contributed by atoms with Gasteiger partial charge in [-0.2, -0.15) is 0 Å². The van der Waals surface area contributed by atoms with Crippen molar-refractivity contribution in [3.8, 4) is 11.5 Å². The number of thiazole rings is 1. The summed E-state index contributed by atoms with van der Waals surface area (Å²) in [7, 11) is 3.15. The Labute approximate surface area is 194 Å². The number of aromatic nitrogens is 1. The molecule has 0 N–H and O–H groups in total. The van der Waals surface area contributed by atoms with Crippen LogP contribution in [0.3, 0.4) is 0 Å². The summed E-state index contributed by atoms with van der Waals surface area (Å²) in [6, 6.07) is 14.1. The molecule has 2 aromatic carbocycles. The van der Waals surface area contributed by atoms with E-state index in [-0.39, 0.29) is 12.2 Å². The van der Waals surface area contributed by atoms with E-state index >= 15 is 0 Å². The number of rotatable bonds is 6. The van der Waals surface area contributed by atoms with Crippen LogP contribution in [-0.2, 0) is 9.53 Å². The zero-order valence-corrected chi connectivity index (χ0v) is 19.6. The molecule has 8 heteroatoms. The van der Waals surface area contributed by atoms with Gasteiger partial charge < -0.3 is 14.2 Å². The van der Waals surface area contributed by atoms with E-state index in [0.717, 1.165) is 5.56 Å². The molecule has 0 aliphatic carbocycles. The standard InChI is InChI=1S/C25H24N2O5S/c1-5-32-24(29)21-15(2)26-25-27(22(21)17-11-7-9-13-19(17)31-4)23(28)20(33-25)14-16-10-6-8-12-18(16)30-3/h6-14,22H,5H2,1-4H3/b20-14+. The van der Waals surface area contributed by atoms with E-state index in [2.05, 4.69) is 4.99 Å². The summed E-state index contributed by atoms with van der Waals surface area (Å²) in [4.78, 5) is 31.7. The summed E-state index contributed by atoms with van der Waals surface area (Å²) in [6.07, 6.45) is 1.78. The second-order valence-electron chi connectivity index (χ2n) is 7.29. The quantitative estimate of drug-likeness (QED) is 0.524. The Hall–Kier alpha value is -3.65. The predicted molar refractivity (Wildman–Crippen MR) is 126 cm³/mol. The molecule has 1 aliphatic heterocycles.